The number of anilines is 2. The highest BCUT2D eigenvalue weighted by atomic mass is 32.2. The summed E-state index contributed by atoms with van der Waals surface area (Å²) in [6.45, 7) is 4.02. The van der Waals surface area contributed by atoms with Crippen molar-refractivity contribution in [2.45, 2.75) is 57.3 Å². The van der Waals surface area contributed by atoms with Crippen molar-refractivity contribution < 1.29 is 8.42 Å². The van der Waals surface area contributed by atoms with E-state index in [-0.39, 0.29) is 10.8 Å². The van der Waals surface area contributed by atoms with Crippen LogP contribution >= 0.6 is 0 Å². The fourth-order valence-electron chi connectivity index (χ4n) is 2.54. The number of sulfonamides is 1. The molecule has 1 aromatic heterocycles. The number of nitrogens with zero attached hydrogens (tertiary/aromatic N) is 2. The molecular weight excluding hydrogens is 336 g/mol. The number of aromatic nitrogens is 2. The Morgan fingerprint density at radius 3 is 2.40 bits per heavy atom. The fourth-order valence-corrected chi connectivity index (χ4v) is 3.49. The first-order valence-corrected chi connectivity index (χ1v) is 10.1. The normalized spacial score (nSPS) is 11.4. The molecule has 0 amide bonds. The van der Waals surface area contributed by atoms with E-state index in [1.807, 2.05) is 13.0 Å². The minimum atomic E-state index is -3.73. The van der Waals surface area contributed by atoms with Crippen LogP contribution in [0, 0.1) is 6.92 Å². The number of aryl methyl sites for hydroxylation is 2. The number of nitrogens with one attached hydrogen (secondary N) is 1. The van der Waals surface area contributed by atoms with Crippen LogP contribution in [0.3, 0.4) is 0 Å². The molecule has 0 saturated heterocycles. The van der Waals surface area contributed by atoms with Gasteiger partial charge in [-0.15, -0.1) is 0 Å². The zero-order valence-corrected chi connectivity index (χ0v) is 15.6. The molecule has 25 heavy (non-hydrogen) atoms. The summed E-state index contributed by atoms with van der Waals surface area (Å²) in [6, 6.07) is 7.92. The van der Waals surface area contributed by atoms with Gasteiger partial charge in [-0.2, -0.15) is 0 Å². The Kier molecular flexibility index (Phi) is 6.75. The molecule has 0 spiro atoms. The van der Waals surface area contributed by atoms with Crippen LogP contribution < -0.4 is 10.5 Å². The highest BCUT2D eigenvalue weighted by molar-refractivity contribution is 7.92. The van der Waals surface area contributed by atoms with Gasteiger partial charge in [0.25, 0.3) is 10.0 Å². The van der Waals surface area contributed by atoms with Gasteiger partial charge in [0, 0.05) is 17.1 Å². The first-order chi connectivity index (χ1) is 11.9. The van der Waals surface area contributed by atoms with Gasteiger partial charge in [0.1, 0.15) is 0 Å². The van der Waals surface area contributed by atoms with Crippen molar-refractivity contribution in [3.05, 3.63) is 41.7 Å². The third-order valence-electron chi connectivity index (χ3n) is 3.86. The zero-order chi connectivity index (χ0) is 18.3. The molecule has 0 fully saturated rings. The van der Waals surface area contributed by atoms with Crippen LogP contribution in [0.15, 0.2) is 35.2 Å². The molecule has 2 rings (SSSR count). The number of benzene rings is 1. The van der Waals surface area contributed by atoms with Crippen molar-refractivity contribution in [3.8, 4) is 0 Å². The SMILES string of the molecule is CCCCCCCc1cc(C)nc(NS(=O)(=O)c2ccc(N)cc2)n1. The molecule has 0 saturated carbocycles. The molecule has 7 heteroatoms. The predicted molar refractivity (Wildman–Crippen MR) is 101 cm³/mol. The number of hydrogen-bond donors (Lipinski definition) is 2. The summed E-state index contributed by atoms with van der Waals surface area (Å²) in [4.78, 5) is 8.68. The third-order valence-corrected chi connectivity index (χ3v) is 5.20. The maximum atomic E-state index is 12.4. The molecule has 2 aromatic rings. The summed E-state index contributed by atoms with van der Waals surface area (Å²) < 4.78 is 27.3. The smallest absolute Gasteiger partial charge is 0.264 e. The Bertz CT molecular complexity index is 789. The van der Waals surface area contributed by atoms with E-state index in [4.69, 9.17) is 5.73 Å². The Morgan fingerprint density at radius 1 is 1.04 bits per heavy atom. The Hall–Kier alpha value is -2.15. The lowest BCUT2D eigenvalue weighted by Gasteiger charge is -2.09. The highest BCUT2D eigenvalue weighted by Crippen LogP contribution is 2.16. The monoisotopic (exact) mass is 362 g/mol. The van der Waals surface area contributed by atoms with Crippen LogP contribution in [0.2, 0.25) is 0 Å². The second-order valence-corrected chi connectivity index (χ2v) is 7.85. The summed E-state index contributed by atoms with van der Waals surface area (Å²) in [6.07, 6.45) is 6.70. The largest absolute Gasteiger partial charge is 0.399 e. The van der Waals surface area contributed by atoms with Gasteiger partial charge in [-0.1, -0.05) is 32.6 Å². The molecule has 136 valence electrons. The van der Waals surface area contributed by atoms with Gasteiger partial charge in [0.05, 0.1) is 4.90 Å². The molecule has 0 aliphatic heterocycles. The van der Waals surface area contributed by atoms with Gasteiger partial charge in [-0.05, 0) is 50.1 Å². The standard InChI is InChI=1S/C18H26N4O2S/c1-3-4-5-6-7-8-16-13-14(2)20-18(21-16)22-25(23,24)17-11-9-15(19)10-12-17/h9-13H,3-8,19H2,1-2H3,(H,20,21,22). The van der Waals surface area contributed by atoms with Crippen LogP contribution in [0.5, 0.6) is 0 Å². The molecule has 1 aromatic carbocycles. The first kappa shape index (κ1) is 19.2. The second-order valence-electron chi connectivity index (χ2n) is 6.16. The lowest BCUT2D eigenvalue weighted by Crippen LogP contribution is -2.16. The topological polar surface area (TPSA) is 98.0 Å². The summed E-state index contributed by atoms with van der Waals surface area (Å²) >= 11 is 0. The van der Waals surface area contributed by atoms with E-state index in [0.29, 0.717) is 5.69 Å². The molecule has 1 heterocycles. The Balaban J connectivity index is 2.07. The van der Waals surface area contributed by atoms with Gasteiger partial charge < -0.3 is 5.73 Å². The summed E-state index contributed by atoms with van der Waals surface area (Å²) in [5.74, 6) is 0.111. The van der Waals surface area contributed by atoms with E-state index < -0.39 is 10.0 Å². The minimum Gasteiger partial charge on any atom is -0.399 e. The van der Waals surface area contributed by atoms with Crippen LogP contribution in [0.25, 0.3) is 0 Å². The lowest BCUT2D eigenvalue weighted by atomic mass is 10.1. The molecule has 6 nitrogen and oxygen atoms in total. The predicted octanol–water partition coefficient (Wildman–Crippen LogP) is 3.68. The first-order valence-electron chi connectivity index (χ1n) is 8.63. The lowest BCUT2D eigenvalue weighted by molar-refractivity contribution is 0.600. The van der Waals surface area contributed by atoms with Gasteiger partial charge in [0.2, 0.25) is 5.95 Å². The van der Waals surface area contributed by atoms with E-state index >= 15 is 0 Å². The van der Waals surface area contributed by atoms with Crippen LogP contribution in [-0.2, 0) is 16.4 Å². The van der Waals surface area contributed by atoms with Crippen LogP contribution in [-0.4, -0.2) is 18.4 Å². The number of hydrogen-bond acceptors (Lipinski definition) is 5. The van der Waals surface area contributed by atoms with E-state index in [1.165, 1.54) is 31.4 Å². The summed E-state index contributed by atoms with van der Waals surface area (Å²) in [5.41, 5.74) is 7.71. The van der Waals surface area contributed by atoms with E-state index in [2.05, 4.69) is 21.6 Å². The Labute approximate surface area is 149 Å². The van der Waals surface area contributed by atoms with Crippen molar-refractivity contribution in [1.82, 2.24) is 9.97 Å². The second kappa shape index (κ2) is 8.80. The maximum Gasteiger partial charge on any atom is 0.264 e. The van der Waals surface area contributed by atoms with Crippen LogP contribution in [0.4, 0.5) is 11.6 Å². The van der Waals surface area contributed by atoms with Crippen molar-refractivity contribution in [2.75, 3.05) is 10.5 Å². The van der Waals surface area contributed by atoms with E-state index in [9.17, 15) is 8.42 Å². The van der Waals surface area contributed by atoms with Gasteiger partial charge in [0.15, 0.2) is 0 Å². The molecule has 0 atom stereocenters. The molecular formula is C18H26N4O2S. The number of rotatable bonds is 9. The van der Waals surface area contributed by atoms with Gasteiger partial charge in [-0.25, -0.2) is 23.1 Å². The highest BCUT2D eigenvalue weighted by Gasteiger charge is 2.16. The zero-order valence-electron chi connectivity index (χ0n) is 14.8. The van der Waals surface area contributed by atoms with Crippen molar-refractivity contribution in [3.63, 3.8) is 0 Å². The fraction of sp³-hybridized carbons (Fsp3) is 0.444. The minimum absolute atomic E-state index is 0.111. The van der Waals surface area contributed by atoms with Gasteiger partial charge in [-0.3, -0.25) is 0 Å². The average molecular weight is 362 g/mol. The number of unbranched alkanes of at least 4 members (excludes halogenated alkanes) is 4. The third kappa shape index (κ3) is 6.01. The summed E-state index contributed by atoms with van der Waals surface area (Å²) in [5, 5.41) is 0. The van der Waals surface area contributed by atoms with Crippen LogP contribution in [0.1, 0.15) is 50.4 Å². The molecule has 3 N–H and O–H groups in total. The quantitative estimate of drug-likeness (QED) is 0.524. The van der Waals surface area contributed by atoms with Crippen molar-refractivity contribution in [1.29, 1.82) is 0 Å². The van der Waals surface area contributed by atoms with Crippen molar-refractivity contribution in [2.24, 2.45) is 0 Å². The van der Waals surface area contributed by atoms with E-state index in [0.717, 1.165) is 30.7 Å². The average Bonchev–Trinajstić information content (AvgIpc) is 2.54. The van der Waals surface area contributed by atoms with Gasteiger partial charge >= 0.3 is 0 Å². The van der Waals surface area contributed by atoms with E-state index in [1.54, 1.807) is 12.1 Å². The number of nitrogens with two attached hydrogens (primary N) is 1. The summed E-state index contributed by atoms with van der Waals surface area (Å²) in [7, 11) is -3.73. The molecule has 0 unspecified atom stereocenters. The molecule has 0 bridgehead atoms. The Morgan fingerprint density at radius 2 is 1.72 bits per heavy atom. The molecule has 0 aliphatic carbocycles. The molecule has 0 aliphatic rings. The van der Waals surface area contributed by atoms with Crippen molar-refractivity contribution >= 4 is 21.7 Å². The number of nitrogen functional groups attached to an aromatic ring is 1. The maximum absolute atomic E-state index is 12.4. The molecule has 0 radical (unpaired) electrons.